The summed E-state index contributed by atoms with van der Waals surface area (Å²) in [5.74, 6) is 0.190. The topological polar surface area (TPSA) is 46.4 Å². The minimum Gasteiger partial charge on any atom is -0.349 e. The van der Waals surface area contributed by atoms with E-state index in [0.29, 0.717) is 12.5 Å². The van der Waals surface area contributed by atoms with Crippen LogP contribution in [0.4, 0.5) is 0 Å². The van der Waals surface area contributed by atoms with Gasteiger partial charge >= 0.3 is 0 Å². The zero-order valence-corrected chi connectivity index (χ0v) is 9.99. The second-order valence-electron chi connectivity index (χ2n) is 4.51. The van der Waals surface area contributed by atoms with Crippen LogP contribution >= 0.6 is 0 Å². The SMILES string of the molecule is CC(CC(=O)N(C)C)NC1CC[N]CC1. The van der Waals surface area contributed by atoms with Gasteiger partial charge in [-0.25, -0.2) is 5.32 Å². The lowest BCUT2D eigenvalue weighted by molar-refractivity contribution is -0.129. The van der Waals surface area contributed by atoms with Crippen LogP contribution in [0.3, 0.4) is 0 Å². The highest BCUT2D eigenvalue weighted by Gasteiger charge is 2.17. The third-order valence-corrected chi connectivity index (χ3v) is 2.77. The van der Waals surface area contributed by atoms with Crippen molar-refractivity contribution in [3.63, 3.8) is 0 Å². The van der Waals surface area contributed by atoms with Crippen LogP contribution in [0, 0.1) is 0 Å². The van der Waals surface area contributed by atoms with E-state index in [4.69, 9.17) is 0 Å². The number of carbonyl (C=O) groups excluding carboxylic acids is 1. The van der Waals surface area contributed by atoms with Crippen molar-refractivity contribution in [2.24, 2.45) is 0 Å². The molecule has 1 unspecified atom stereocenters. The molecule has 1 amide bonds. The van der Waals surface area contributed by atoms with Crippen LogP contribution in [0.25, 0.3) is 0 Å². The van der Waals surface area contributed by atoms with Gasteiger partial charge in [0.25, 0.3) is 0 Å². The normalized spacial score (nSPS) is 19.9. The van der Waals surface area contributed by atoms with E-state index in [1.165, 1.54) is 0 Å². The Hall–Kier alpha value is -0.610. The van der Waals surface area contributed by atoms with Gasteiger partial charge in [0.15, 0.2) is 0 Å². The van der Waals surface area contributed by atoms with Crippen molar-refractivity contribution in [2.75, 3.05) is 27.2 Å². The van der Waals surface area contributed by atoms with Gasteiger partial charge in [-0.05, 0) is 19.8 Å². The van der Waals surface area contributed by atoms with E-state index < -0.39 is 0 Å². The Kier molecular flexibility index (Phi) is 5.05. The number of hydrogen-bond acceptors (Lipinski definition) is 2. The van der Waals surface area contributed by atoms with E-state index in [0.717, 1.165) is 25.9 Å². The first-order valence-corrected chi connectivity index (χ1v) is 5.69. The lowest BCUT2D eigenvalue weighted by atomic mass is 10.0. The highest BCUT2D eigenvalue weighted by Crippen LogP contribution is 2.06. The summed E-state index contributed by atoms with van der Waals surface area (Å²) in [6.45, 7) is 4.01. The van der Waals surface area contributed by atoms with Gasteiger partial charge in [0.05, 0.1) is 0 Å². The van der Waals surface area contributed by atoms with E-state index in [-0.39, 0.29) is 11.9 Å². The minimum absolute atomic E-state index is 0.190. The van der Waals surface area contributed by atoms with E-state index in [1.807, 2.05) is 0 Å². The minimum atomic E-state index is 0.190. The zero-order chi connectivity index (χ0) is 11.3. The molecule has 0 aromatic carbocycles. The molecule has 1 atom stereocenters. The Morgan fingerprint density at radius 3 is 2.60 bits per heavy atom. The van der Waals surface area contributed by atoms with Crippen LogP contribution in [0.15, 0.2) is 0 Å². The van der Waals surface area contributed by atoms with Crippen molar-refractivity contribution in [3.05, 3.63) is 0 Å². The number of nitrogens with zero attached hydrogens (tertiary/aromatic N) is 2. The van der Waals surface area contributed by atoms with E-state index in [1.54, 1.807) is 19.0 Å². The van der Waals surface area contributed by atoms with Gasteiger partial charge in [-0.2, -0.15) is 0 Å². The van der Waals surface area contributed by atoms with Crippen molar-refractivity contribution in [1.82, 2.24) is 15.5 Å². The fraction of sp³-hybridized carbons (Fsp3) is 0.909. The number of rotatable bonds is 4. The molecule has 0 aromatic heterocycles. The Balaban J connectivity index is 2.22. The molecule has 4 nitrogen and oxygen atoms in total. The molecule has 1 saturated heterocycles. The highest BCUT2D eigenvalue weighted by atomic mass is 16.2. The maximum atomic E-state index is 11.5. The van der Waals surface area contributed by atoms with Crippen LogP contribution < -0.4 is 10.6 Å². The van der Waals surface area contributed by atoms with Gasteiger partial charge in [-0.15, -0.1) is 0 Å². The van der Waals surface area contributed by atoms with Gasteiger partial charge in [0, 0.05) is 45.7 Å². The van der Waals surface area contributed by atoms with E-state index >= 15 is 0 Å². The monoisotopic (exact) mass is 212 g/mol. The summed E-state index contributed by atoms with van der Waals surface area (Å²) in [7, 11) is 3.60. The number of nitrogens with one attached hydrogen (secondary N) is 1. The molecule has 0 aromatic rings. The predicted octanol–water partition coefficient (Wildman–Crippen LogP) is 0.210. The molecule has 1 radical (unpaired) electrons. The van der Waals surface area contributed by atoms with Crippen molar-refractivity contribution < 1.29 is 4.79 Å². The zero-order valence-electron chi connectivity index (χ0n) is 9.99. The van der Waals surface area contributed by atoms with Crippen LogP contribution in [-0.2, 0) is 4.79 Å². The Bertz CT molecular complexity index is 200. The molecular formula is C11H22N3O. The maximum absolute atomic E-state index is 11.5. The average Bonchev–Trinajstić information content (AvgIpc) is 2.18. The van der Waals surface area contributed by atoms with Crippen LogP contribution in [0.1, 0.15) is 26.2 Å². The second kappa shape index (κ2) is 6.08. The largest absolute Gasteiger partial charge is 0.349 e. The Morgan fingerprint density at radius 2 is 2.07 bits per heavy atom. The van der Waals surface area contributed by atoms with Gasteiger partial charge in [-0.1, -0.05) is 0 Å². The Labute approximate surface area is 92.4 Å². The molecule has 0 bridgehead atoms. The number of amides is 1. The summed E-state index contributed by atoms with van der Waals surface area (Å²) >= 11 is 0. The summed E-state index contributed by atoms with van der Waals surface area (Å²) in [6.07, 6.45) is 2.81. The third-order valence-electron chi connectivity index (χ3n) is 2.77. The van der Waals surface area contributed by atoms with Gasteiger partial charge in [0.2, 0.25) is 5.91 Å². The van der Waals surface area contributed by atoms with E-state index in [2.05, 4.69) is 17.6 Å². The molecule has 0 saturated carbocycles. The molecular weight excluding hydrogens is 190 g/mol. The fourth-order valence-electron chi connectivity index (χ4n) is 1.82. The van der Waals surface area contributed by atoms with Crippen molar-refractivity contribution in [1.29, 1.82) is 0 Å². The molecule has 1 fully saturated rings. The van der Waals surface area contributed by atoms with Crippen molar-refractivity contribution in [3.8, 4) is 0 Å². The molecule has 87 valence electrons. The molecule has 1 heterocycles. The smallest absolute Gasteiger partial charge is 0.223 e. The summed E-state index contributed by atoms with van der Waals surface area (Å²) in [4.78, 5) is 13.1. The lowest BCUT2D eigenvalue weighted by Gasteiger charge is -2.26. The number of hydrogen-bond donors (Lipinski definition) is 1. The number of piperidine rings is 1. The third kappa shape index (κ3) is 4.62. The fourth-order valence-corrected chi connectivity index (χ4v) is 1.82. The molecule has 1 aliphatic heterocycles. The standard InChI is InChI=1S/C11H22N3O/c1-9(8-11(15)14(2)3)13-10-4-6-12-7-5-10/h9-10,13H,4-8H2,1-3H3. The maximum Gasteiger partial charge on any atom is 0.223 e. The molecule has 1 rings (SSSR count). The summed E-state index contributed by atoms with van der Waals surface area (Å²) in [5.41, 5.74) is 0. The quantitative estimate of drug-likeness (QED) is 0.724. The molecule has 1 N–H and O–H groups in total. The molecule has 15 heavy (non-hydrogen) atoms. The first kappa shape index (κ1) is 12.5. The summed E-state index contributed by atoms with van der Waals surface area (Å²) < 4.78 is 0. The first-order chi connectivity index (χ1) is 7.09. The van der Waals surface area contributed by atoms with Gasteiger partial charge in [0.1, 0.15) is 0 Å². The van der Waals surface area contributed by atoms with Crippen molar-refractivity contribution in [2.45, 2.75) is 38.3 Å². The Morgan fingerprint density at radius 1 is 1.47 bits per heavy atom. The van der Waals surface area contributed by atoms with Crippen LogP contribution in [-0.4, -0.2) is 50.1 Å². The average molecular weight is 212 g/mol. The molecule has 0 spiro atoms. The second-order valence-corrected chi connectivity index (χ2v) is 4.51. The predicted molar refractivity (Wildman–Crippen MR) is 60.8 cm³/mol. The van der Waals surface area contributed by atoms with Crippen LogP contribution in [0.2, 0.25) is 0 Å². The van der Waals surface area contributed by atoms with Crippen LogP contribution in [0.5, 0.6) is 0 Å². The first-order valence-electron chi connectivity index (χ1n) is 5.69. The van der Waals surface area contributed by atoms with E-state index in [9.17, 15) is 4.79 Å². The lowest BCUT2D eigenvalue weighted by Crippen LogP contribution is -2.43. The van der Waals surface area contributed by atoms with Crippen molar-refractivity contribution >= 4 is 5.91 Å². The summed E-state index contributed by atoms with van der Waals surface area (Å²) in [5, 5.41) is 7.81. The van der Waals surface area contributed by atoms with Gasteiger partial charge in [-0.3, -0.25) is 4.79 Å². The molecule has 4 heteroatoms. The summed E-state index contributed by atoms with van der Waals surface area (Å²) in [6, 6.07) is 0.815. The van der Waals surface area contributed by atoms with Gasteiger partial charge < -0.3 is 10.2 Å². The molecule has 0 aliphatic carbocycles. The molecule has 1 aliphatic rings. The number of carbonyl (C=O) groups is 1. The highest BCUT2D eigenvalue weighted by molar-refractivity contribution is 5.76.